The first kappa shape index (κ1) is 23.5. The molecule has 0 atom stereocenters. The molecule has 0 spiro atoms. The fourth-order valence-corrected chi connectivity index (χ4v) is 4.99. The summed E-state index contributed by atoms with van der Waals surface area (Å²) in [5.41, 5.74) is 6.48. The smallest absolute Gasteiger partial charge is 0.223 e. The van der Waals surface area contributed by atoms with Crippen LogP contribution >= 0.6 is 0 Å². The summed E-state index contributed by atoms with van der Waals surface area (Å²) in [5.74, 6) is 0.569. The van der Waals surface area contributed by atoms with Gasteiger partial charge in [0.2, 0.25) is 5.91 Å². The number of hydrogen-bond acceptors (Lipinski definition) is 4. The molecule has 2 N–H and O–H groups in total. The van der Waals surface area contributed by atoms with Crippen LogP contribution in [0, 0.1) is 5.92 Å². The summed E-state index contributed by atoms with van der Waals surface area (Å²) in [7, 11) is 0. The van der Waals surface area contributed by atoms with Crippen molar-refractivity contribution in [3.63, 3.8) is 0 Å². The number of rotatable bonds is 9. The van der Waals surface area contributed by atoms with E-state index in [2.05, 4.69) is 39.9 Å². The lowest BCUT2D eigenvalue weighted by Crippen LogP contribution is -2.46. The standard InChI is InChI=1S/C28H38N4O/c33-28(24-13-6-2-7-14-24)29-25-18-21-32(22-19-25)20-10-17-27(23-11-4-1-5-12-23)31-30-26-15-8-3-9-16-26/h1,3-5,8-9,11-12,15-16,24-25,30H,2,6-7,10,13-14,17-22H2,(H,29,33). The van der Waals surface area contributed by atoms with Gasteiger partial charge in [0.15, 0.2) is 0 Å². The summed E-state index contributed by atoms with van der Waals surface area (Å²) in [5, 5.41) is 8.08. The number of anilines is 1. The summed E-state index contributed by atoms with van der Waals surface area (Å²) in [4.78, 5) is 15.1. The Balaban J connectivity index is 1.22. The number of carbonyl (C=O) groups excluding carboxylic acids is 1. The van der Waals surface area contributed by atoms with E-state index in [1.54, 1.807) is 0 Å². The van der Waals surface area contributed by atoms with Crippen LogP contribution in [0.25, 0.3) is 0 Å². The summed E-state index contributed by atoms with van der Waals surface area (Å²) in [6, 6.07) is 20.9. The number of piperidine rings is 1. The van der Waals surface area contributed by atoms with E-state index in [0.717, 1.165) is 69.6 Å². The third kappa shape index (κ3) is 7.43. The van der Waals surface area contributed by atoms with Gasteiger partial charge in [0.1, 0.15) is 0 Å². The van der Waals surface area contributed by atoms with E-state index in [-0.39, 0.29) is 5.92 Å². The molecule has 2 aromatic carbocycles. The van der Waals surface area contributed by atoms with Crippen LogP contribution in [0.15, 0.2) is 65.8 Å². The van der Waals surface area contributed by atoms with Gasteiger partial charge in [0, 0.05) is 25.0 Å². The first-order chi connectivity index (χ1) is 16.3. The highest BCUT2D eigenvalue weighted by Crippen LogP contribution is 2.24. The summed E-state index contributed by atoms with van der Waals surface area (Å²) >= 11 is 0. The number of hydrazone groups is 1. The molecule has 1 heterocycles. The Hall–Kier alpha value is -2.66. The number of carbonyl (C=O) groups is 1. The van der Waals surface area contributed by atoms with Crippen LogP contribution < -0.4 is 10.7 Å². The molecule has 33 heavy (non-hydrogen) atoms. The summed E-state index contributed by atoms with van der Waals surface area (Å²) < 4.78 is 0. The van der Waals surface area contributed by atoms with Gasteiger partial charge in [-0.1, -0.05) is 67.8 Å². The molecule has 2 fully saturated rings. The SMILES string of the molecule is O=C(NC1CCN(CCCC(=NNc2ccccc2)c2ccccc2)CC1)C1CCCCC1. The first-order valence-corrected chi connectivity index (χ1v) is 12.7. The molecule has 0 radical (unpaired) electrons. The maximum atomic E-state index is 12.5. The predicted molar refractivity (Wildman–Crippen MR) is 136 cm³/mol. The van der Waals surface area contributed by atoms with E-state index in [9.17, 15) is 4.79 Å². The molecule has 5 nitrogen and oxygen atoms in total. The molecule has 0 aromatic heterocycles. The minimum absolute atomic E-state index is 0.261. The summed E-state index contributed by atoms with van der Waals surface area (Å²) in [6.45, 7) is 3.20. The quantitative estimate of drug-likeness (QED) is 0.398. The molecule has 176 valence electrons. The topological polar surface area (TPSA) is 56.7 Å². The number of hydrogen-bond donors (Lipinski definition) is 2. The molecule has 4 rings (SSSR count). The van der Waals surface area contributed by atoms with Crippen molar-refractivity contribution in [2.24, 2.45) is 11.0 Å². The predicted octanol–water partition coefficient (Wildman–Crippen LogP) is 5.44. The normalized spacial score (nSPS) is 18.7. The largest absolute Gasteiger partial charge is 0.353 e. The molecule has 2 aromatic rings. The highest BCUT2D eigenvalue weighted by Gasteiger charge is 2.25. The second kappa shape index (κ2) is 12.5. The van der Waals surface area contributed by atoms with E-state index in [1.807, 2.05) is 36.4 Å². The van der Waals surface area contributed by atoms with Gasteiger partial charge in [0.25, 0.3) is 0 Å². The zero-order valence-corrected chi connectivity index (χ0v) is 19.7. The summed E-state index contributed by atoms with van der Waals surface area (Å²) in [6.07, 6.45) is 10.0. The molecule has 0 bridgehead atoms. The maximum absolute atomic E-state index is 12.5. The average Bonchev–Trinajstić information content (AvgIpc) is 2.88. The van der Waals surface area contributed by atoms with Crippen molar-refractivity contribution in [1.82, 2.24) is 10.2 Å². The van der Waals surface area contributed by atoms with Gasteiger partial charge in [-0.05, 0) is 62.8 Å². The maximum Gasteiger partial charge on any atom is 0.223 e. The lowest BCUT2D eigenvalue weighted by atomic mass is 9.88. The van der Waals surface area contributed by atoms with Crippen molar-refractivity contribution in [3.05, 3.63) is 66.2 Å². The fourth-order valence-electron chi connectivity index (χ4n) is 4.99. The van der Waals surface area contributed by atoms with Gasteiger partial charge in [-0.3, -0.25) is 10.2 Å². The highest BCUT2D eigenvalue weighted by atomic mass is 16.1. The van der Waals surface area contributed by atoms with Crippen molar-refractivity contribution in [2.45, 2.75) is 63.8 Å². The van der Waals surface area contributed by atoms with Gasteiger partial charge in [-0.2, -0.15) is 5.10 Å². The Morgan fingerprint density at radius 1 is 0.879 bits per heavy atom. The third-order valence-electron chi connectivity index (χ3n) is 7.00. The second-order valence-corrected chi connectivity index (χ2v) is 9.47. The Bertz CT molecular complexity index is 869. The molecular weight excluding hydrogens is 408 g/mol. The Kier molecular flexibility index (Phi) is 8.93. The zero-order valence-electron chi connectivity index (χ0n) is 19.7. The molecular formula is C28H38N4O. The van der Waals surface area contributed by atoms with Crippen molar-refractivity contribution >= 4 is 17.3 Å². The number of para-hydroxylation sites is 1. The van der Waals surface area contributed by atoms with E-state index in [4.69, 9.17) is 5.10 Å². The lowest BCUT2D eigenvalue weighted by Gasteiger charge is -2.33. The Morgan fingerprint density at radius 2 is 1.55 bits per heavy atom. The first-order valence-electron chi connectivity index (χ1n) is 12.7. The average molecular weight is 447 g/mol. The van der Waals surface area contributed by atoms with Gasteiger partial charge < -0.3 is 10.2 Å². The van der Waals surface area contributed by atoms with E-state index in [0.29, 0.717) is 11.9 Å². The third-order valence-corrected chi connectivity index (χ3v) is 7.00. The van der Waals surface area contributed by atoms with Gasteiger partial charge in [0.05, 0.1) is 11.4 Å². The number of likely N-dealkylation sites (tertiary alicyclic amines) is 1. The van der Waals surface area contributed by atoms with Gasteiger partial charge in [-0.15, -0.1) is 0 Å². The van der Waals surface area contributed by atoms with Crippen LogP contribution in [0.5, 0.6) is 0 Å². The number of amides is 1. The van der Waals surface area contributed by atoms with Crippen LogP contribution in [0.2, 0.25) is 0 Å². The van der Waals surface area contributed by atoms with E-state index < -0.39 is 0 Å². The molecule has 1 saturated heterocycles. The molecule has 1 saturated carbocycles. The molecule has 5 heteroatoms. The minimum Gasteiger partial charge on any atom is -0.353 e. The lowest BCUT2D eigenvalue weighted by molar-refractivity contribution is -0.127. The van der Waals surface area contributed by atoms with Crippen LogP contribution in [-0.2, 0) is 4.79 Å². The molecule has 1 aliphatic heterocycles. The highest BCUT2D eigenvalue weighted by molar-refractivity contribution is 6.00. The van der Waals surface area contributed by atoms with Gasteiger partial charge in [-0.25, -0.2) is 0 Å². The molecule has 2 aliphatic rings. The second-order valence-electron chi connectivity index (χ2n) is 9.47. The van der Waals surface area contributed by atoms with Crippen molar-refractivity contribution < 1.29 is 4.79 Å². The molecule has 1 amide bonds. The molecule has 0 unspecified atom stereocenters. The monoisotopic (exact) mass is 446 g/mol. The van der Waals surface area contributed by atoms with Crippen LogP contribution in [0.3, 0.4) is 0 Å². The zero-order chi connectivity index (χ0) is 22.7. The fraction of sp³-hybridized carbons (Fsp3) is 0.500. The molecule has 1 aliphatic carbocycles. The van der Waals surface area contributed by atoms with Crippen LogP contribution in [0.4, 0.5) is 5.69 Å². The number of nitrogens with zero attached hydrogens (tertiary/aromatic N) is 2. The van der Waals surface area contributed by atoms with Gasteiger partial charge >= 0.3 is 0 Å². The van der Waals surface area contributed by atoms with Crippen molar-refractivity contribution in [3.8, 4) is 0 Å². The van der Waals surface area contributed by atoms with Crippen molar-refractivity contribution in [1.29, 1.82) is 0 Å². The van der Waals surface area contributed by atoms with E-state index in [1.165, 1.54) is 24.8 Å². The van der Waals surface area contributed by atoms with Crippen molar-refractivity contribution in [2.75, 3.05) is 25.1 Å². The number of benzene rings is 2. The Labute approximate surface area is 198 Å². The minimum atomic E-state index is 0.261. The van der Waals surface area contributed by atoms with E-state index >= 15 is 0 Å². The van der Waals surface area contributed by atoms with Crippen LogP contribution in [0.1, 0.15) is 63.4 Å². The number of nitrogens with one attached hydrogen (secondary N) is 2. The van der Waals surface area contributed by atoms with Crippen LogP contribution in [-0.4, -0.2) is 42.2 Å². The Morgan fingerprint density at radius 3 is 2.24 bits per heavy atom.